The first kappa shape index (κ1) is 23.1. The Hall–Kier alpha value is -2.60. The van der Waals surface area contributed by atoms with Crippen molar-refractivity contribution in [3.05, 3.63) is 83.7 Å². The van der Waals surface area contributed by atoms with Gasteiger partial charge in [0.1, 0.15) is 19.0 Å². The van der Waals surface area contributed by atoms with Gasteiger partial charge < -0.3 is 24.1 Å². The zero-order valence-electron chi connectivity index (χ0n) is 17.2. The number of aliphatic hydroxyl groups excluding tert-OH is 1. The van der Waals surface area contributed by atoms with E-state index in [9.17, 15) is 14.8 Å². The van der Waals surface area contributed by atoms with Crippen LogP contribution < -0.4 is 0 Å². The molecule has 6 nitrogen and oxygen atoms in total. The summed E-state index contributed by atoms with van der Waals surface area (Å²) in [4.78, 5) is 0. The highest BCUT2D eigenvalue weighted by Crippen LogP contribution is 2.45. The molecule has 0 unspecified atom stereocenters. The molecule has 1 aliphatic carbocycles. The summed E-state index contributed by atoms with van der Waals surface area (Å²) in [7, 11) is 0. The molecular weight excluding hydrogens is 401 g/mol. The van der Waals surface area contributed by atoms with Gasteiger partial charge in [0.2, 0.25) is 0 Å². The molecule has 3 atom stereocenters. The standard InChI is InChI=1S/C24H26FNO5/c25-12-21-22(27)11-23(31-18-29-14-20-9-5-2-6-10-20)24(21,15-26)16-30-17-28-13-19-7-3-1-4-8-19/h1-10,12,22-23,27H,11,13-14,16-18H2/b21-12+/t22-,23+,24+/m1/s1. The molecule has 1 N–H and O–H groups in total. The van der Waals surface area contributed by atoms with Crippen LogP contribution in [0.2, 0.25) is 0 Å². The fraction of sp³-hybridized carbons (Fsp3) is 0.375. The molecule has 0 aliphatic heterocycles. The van der Waals surface area contributed by atoms with Gasteiger partial charge >= 0.3 is 0 Å². The van der Waals surface area contributed by atoms with Gasteiger partial charge in [-0.2, -0.15) is 5.26 Å². The number of benzene rings is 2. The quantitative estimate of drug-likeness (QED) is 0.433. The van der Waals surface area contributed by atoms with Crippen LogP contribution in [-0.4, -0.2) is 37.5 Å². The molecule has 0 spiro atoms. The average molecular weight is 427 g/mol. The van der Waals surface area contributed by atoms with Crippen molar-refractivity contribution in [2.45, 2.75) is 31.8 Å². The second-order valence-corrected chi connectivity index (χ2v) is 7.31. The highest BCUT2D eigenvalue weighted by molar-refractivity contribution is 5.34. The lowest BCUT2D eigenvalue weighted by Crippen LogP contribution is -2.37. The zero-order chi connectivity index (χ0) is 21.9. The Bertz CT molecular complexity index is 871. The molecule has 7 heteroatoms. The third-order valence-corrected chi connectivity index (χ3v) is 5.25. The highest BCUT2D eigenvalue weighted by atomic mass is 19.1. The maximum Gasteiger partial charge on any atom is 0.147 e. The van der Waals surface area contributed by atoms with Crippen LogP contribution in [-0.2, 0) is 32.2 Å². The first-order valence-corrected chi connectivity index (χ1v) is 10.0. The zero-order valence-corrected chi connectivity index (χ0v) is 17.2. The monoisotopic (exact) mass is 427 g/mol. The molecule has 0 heterocycles. The van der Waals surface area contributed by atoms with E-state index >= 15 is 0 Å². The number of rotatable bonds is 11. The third kappa shape index (κ3) is 5.97. The molecule has 1 aliphatic rings. The van der Waals surface area contributed by atoms with Gasteiger partial charge in [0.25, 0.3) is 0 Å². The van der Waals surface area contributed by atoms with Gasteiger partial charge in [-0.25, -0.2) is 4.39 Å². The normalized spacial score (nSPS) is 24.4. The van der Waals surface area contributed by atoms with E-state index in [0.717, 1.165) is 11.1 Å². The number of aliphatic hydroxyl groups is 1. The molecule has 0 amide bonds. The van der Waals surface area contributed by atoms with Crippen molar-refractivity contribution in [3.63, 3.8) is 0 Å². The number of nitriles is 1. The van der Waals surface area contributed by atoms with Crippen LogP contribution in [0.5, 0.6) is 0 Å². The number of hydrogen-bond acceptors (Lipinski definition) is 6. The van der Waals surface area contributed by atoms with Crippen molar-refractivity contribution in [1.82, 2.24) is 0 Å². The summed E-state index contributed by atoms with van der Waals surface area (Å²) in [5, 5.41) is 20.1. The van der Waals surface area contributed by atoms with Gasteiger partial charge in [-0.15, -0.1) is 0 Å². The molecule has 3 rings (SSSR count). The second-order valence-electron chi connectivity index (χ2n) is 7.31. The molecule has 1 fully saturated rings. The lowest BCUT2D eigenvalue weighted by Gasteiger charge is -2.29. The van der Waals surface area contributed by atoms with E-state index in [2.05, 4.69) is 6.07 Å². The van der Waals surface area contributed by atoms with Crippen molar-refractivity contribution in [2.24, 2.45) is 5.41 Å². The van der Waals surface area contributed by atoms with Crippen LogP contribution in [0.15, 0.2) is 72.6 Å². The van der Waals surface area contributed by atoms with Crippen molar-refractivity contribution in [2.75, 3.05) is 20.2 Å². The van der Waals surface area contributed by atoms with Crippen LogP contribution >= 0.6 is 0 Å². The average Bonchev–Trinajstić information content (AvgIpc) is 3.08. The van der Waals surface area contributed by atoms with Crippen LogP contribution in [0.4, 0.5) is 4.39 Å². The Balaban J connectivity index is 1.52. The Labute approximate surface area is 181 Å². The summed E-state index contributed by atoms with van der Waals surface area (Å²) < 4.78 is 35.8. The van der Waals surface area contributed by atoms with Crippen molar-refractivity contribution >= 4 is 0 Å². The topological polar surface area (TPSA) is 80.9 Å². The van der Waals surface area contributed by atoms with E-state index in [0.29, 0.717) is 13.2 Å². The smallest absolute Gasteiger partial charge is 0.147 e. The first-order valence-electron chi connectivity index (χ1n) is 10.0. The van der Waals surface area contributed by atoms with Crippen LogP contribution in [0.1, 0.15) is 17.5 Å². The van der Waals surface area contributed by atoms with Crippen molar-refractivity contribution in [1.29, 1.82) is 5.26 Å². The fourth-order valence-electron chi connectivity index (χ4n) is 3.60. The predicted octanol–water partition coefficient (Wildman–Crippen LogP) is 3.86. The van der Waals surface area contributed by atoms with E-state index in [4.69, 9.17) is 18.9 Å². The third-order valence-electron chi connectivity index (χ3n) is 5.25. The fourth-order valence-corrected chi connectivity index (χ4v) is 3.60. The summed E-state index contributed by atoms with van der Waals surface area (Å²) >= 11 is 0. The van der Waals surface area contributed by atoms with Gasteiger partial charge in [-0.05, 0) is 11.1 Å². The van der Waals surface area contributed by atoms with E-state index < -0.39 is 17.6 Å². The summed E-state index contributed by atoms with van der Waals surface area (Å²) in [5.74, 6) is 0. The van der Waals surface area contributed by atoms with Crippen LogP contribution in [0.3, 0.4) is 0 Å². The van der Waals surface area contributed by atoms with Crippen molar-refractivity contribution in [3.8, 4) is 6.07 Å². The molecule has 2 aromatic rings. The molecule has 0 saturated heterocycles. The highest BCUT2D eigenvalue weighted by Gasteiger charge is 2.53. The number of ether oxygens (including phenoxy) is 4. The van der Waals surface area contributed by atoms with Gasteiger partial charge in [0.05, 0.1) is 44.4 Å². The minimum atomic E-state index is -1.46. The Morgan fingerprint density at radius 3 is 2.10 bits per heavy atom. The molecule has 31 heavy (non-hydrogen) atoms. The number of halogens is 1. The van der Waals surface area contributed by atoms with E-state index in [-0.39, 0.29) is 38.5 Å². The summed E-state index contributed by atoms with van der Waals surface area (Å²) in [6.07, 6.45) is -1.56. The molecule has 0 bridgehead atoms. The second kappa shape index (κ2) is 11.7. The maximum absolute atomic E-state index is 13.6. The Morgan fingerprint density at radius 2 is 1.55 bits per heavy atom. The largest absolute Gasteiger partial charge is 0.389 e. The molecule has 164 valence electrons. The molecular formula is C24H26FNO5. The summed E-state index contributed by atoms with van der Waals surface area (Å²) in [6.45, 7) is 0.340. The molecule has 0 radical (unpaired) electrons. The molecule has 1 saturated carbocycles. The number of hydrogen-bond donors (Lipinski definition) is 1. The van der Waals surface area contributed by atoms with Crippen LogP contribution in [0, 0.1) is 16.7 Å². The predicted molar refractivity (Wildman–Crippen MR) is 111 cm³/mol. The lowest BCUT2D eigenvalue weighted by molar-refractivity contribution is -0.136. The van der Waals surface area contributed by atoms with E-state index in [1.165, 1.54) is 0 Å². The van der Waals surface area contributed by atoms with E-state index in [1.807, 2.05) is 60.7 Å². The summed E-state index contributed by atoms with van der Waals surface area (Å²) in [5.41, 5.74) is 0.456. The minimum absolute atomic E-state index is 0.0499. The van der Waals surface area contributed by atoms with Gasteiger partial charge in [0, 0.05) is 12.0 Å². The molecule has 2 aromatic carbocycles. The maximum atomic E-state index is 13.6. The first-order chi connectivity index (χ1) is 15.2. The van der Waals surface area contributed by atoms with E-state index in [1.54, 1.807) is 0 Å². The van der Waals surface area contributed by atoms with Gasteiger partial charge in [-0.3, -0.25) is 0 Å². The molecule has 0 aromatic heterocycles. The van der Waals surface area contributed by atoms with Crippen LogP contribution in [0.25, 0.3) is 0 Å². The van der Waals surface area contributed by atoms with Gasteiger partial charge in [0.15, 0.2) is 0 Å². The Kier molecular flexibility index (Phi) is 8.71. The SMILES string of the molecule is N#C[C@]1(COCOCc2ccccc2)/C(=C/F)[C@H](O)C[C@@H]1OCOCc1ccccc1. The lowest BCUT2D eigenvalue weighted by atomic mass is 9.83. The van der Waals surface area contributed by atoms with Gasteiger partial charge in [-0.1, -0.05) is 60.7 Å². The minimum Gasteiger partial charge on any atom is -0.389 e. The van der Waals surface area contributed by atoms with Crippen molar-refractivity contribution < 1.29 is 28.4 Å². The Morgan fingerprint density at radius 1 is 0.968 bits per heavy atom. The summed E-state index contributed by atoms with van der Waals surface area (Å²) in [6, 6.07) is 21.2. The number of nitrogens with zero attached hydrogens (tertiary/aromatic N) is 1.